The Hall–Kier alpha value is 0.400. The van der Waals surface area contributed by atoms with Crippen molar-refractivity contribution in [2.75, 3.05) is 29.9 Å². The van der Waals surface area contributed by atoms with Gasteiger partial charge in [0.15, 0.2) is 6.29 Å². The molecule has 1 aliphatic heterocycles. The minimum absolute atomic E-state index is 0.222. The van der Waals surface area contributed by atoms with Gasteiger partial charge in [-0.1, -0.05) is 22.6 Å². The topological polar surface area (TPSA) is 148 Å². The van der Waals surface area contributed by atoms with Crippen LogP contribution >= 0.6 is 22.6 Å². The molecule has 1 saturated heterocycles. The fourth-order valence-corrected chi connectivity index (χ4v) is 3.47. The molecule has 0 aromatic carbocycles. The molecule has 1 heterocycles. The summed E-state index contributed by atoms with van der Waals surface area (Å²) in [5, 5.41) is 41.0. The predicted octanol–water partition coefficient (Wildman–Crippen LogP) is -3.27. The highest BCUT2D eigenvalue weighted by atomic mass is 127. The van der Waals surface area contributed by atoms with Gasteiger partial charge in [-0.25, -0.2) is 13.1 Å². The molecule has 1 aliphatic rings. The fourth-order valence-electron chi connectivity index (χ4n) is 1.89. The van der Waals surface area contributed by atoms with Gasteiger partial charge < -0.3 is 30.5 Å². The lowest BCUT2D eigenvalue weighted by molar-refractivity contribution is -0.251. The summed E-state index contributed by atoms with van der Waals surface area (Å²) >= 11 is 2.15. The highest BCUT2D eigenvalue weighted by molar-refractivity contribution is 14.1. The van der Waals surface area contributed by atoms with Crippen molar-refractivity contribution in [2.24, 2.45) is 0 Å². The minimum Gasteiger partial charge on any atom is -0.394 e. The molecule has 6 N–H and O–H groups in total. The number of sulfonamides is 1. The number of nitrogens with one attached hydrogen (secondary N) is 2. The molecule has 21 heavy (non-hydrogen) atoms. The van der Waals surface area contributed by atoms with Crippen LogP contribution in [0.5, 0.6) is 0 Å². The summed E-state index contributed by atoms with van der Waals surface area (Å²) in [5.41, 5.74) is 0. The van der Waals surface area contributed by atoms with Crippen molar-refractivity contribution in [3.63, 3.8) is 0 Å². The summed E-state index contributed by atoms with van der Waals surface area (Å²) < 4.78 is 31.5. The van der Waals surface area contributed by atoms with E-state index in [1.54, 1.807) is 0 Å². The van der Waals surface area contributed by atoms with E-state index in [4.69, 9.17) is 9.84 Å². The maximum Gasteiger partial charge on any atom is 0.213 e. The van der Waals surface area contributed by atoms with E-state index >= 15 is 0 Å². The molecule has 0 amide bonds. The SMILES string of the molecule is O=S(=O)(CCNCCI)NC1C(O)OC(CO)C(O)C1O. The van der Waals surface area contributed by atoms with Gasteiger partial charge in [-0.3, -0.25) is 0 Å². The second-order valence-electron chi connectivity index (χ2n) is 4.63. The average molecular weight is 440 g/mol. The molecule has 0 spiro atoms. The Bertz CT molecular complexity index is 410. The normalized spacial score (nSPS) is 34.0. The molecule has 5 unspecified atom stereocenters. The molecule has 1 rings (SSSR count). The number of aliphatic hydroxyl groups is 4. The average Bonchev–Trinajstić information content (AvgIpc) is 2.44. The van der Waals surface area contributed by atoms with Gasteiger partial charge in [0.1, 0.15) is 24.4 Å². The number of ether oxygens (including phenoxy) is 1. The zero-order valence-corrected chi connectivity index (χ0v) is 14.2. The summed E-state index contributed by atoms with van der Waals surface area (Å²) in [6.45, 7) is 0.291. The first-order chi connectivity index (χ1) is 9.82. The molecule has 0 aliphatic carbocycles. The Morgan fingerprint density at radius 3 is 2.38 bits per heavy atom. The quantitative estimate of drug-likeness (QED) is 0.131. The summed E-state index contributed by atoms with van der Waals surface area (Å²) in [6, 6.07) is -1.39. The Kier molecular flexibility index (Phi) is 8.23. The van der Waals surface area contributed by atoms with Gasteiger partial charge in [0, 0.05) is 17.5 Å². The van der Waals surface area contributed by atoms with Crippen LogP contribution < -0.4 is 10.0 Å². The zero-order chi connectivity index (χ0) is 16.0. The standard InChI is InChI=1S/C10H21IN2O7S/c11-1-2-12-3-4-21(18,19)13-7-9(16)8(15)6(5-14)20-10(7)17/h6-10,12-17H,1-5H2. The minimum atomic E-state index is -3.76. The van der Waals surface area contributed by atoms with Crippen molar-refractivity contribution in [2.45, 2.75) is 30.6 Å². The Morgan fingerprint density at radius 2 is 1.81 bits per heavy atom. The van der Waals surface area contributed by atoms with Crippen LogP contribution in [-0.2, 0) is 14.8 Å². The molecule has 9 nitrogen and oxygen atoms in total. The highest BCUT2D eigenvalue weighted by Gasteiger charge is 2.45. The molecule has 126 valence electrons. The predicted molar refractivity (Wildman–Crippen MR) is 82.4 cm³/mol. The van der Waals surface area contributed by atoms with Gasteiger partial charge in [-0.05, 0) is 0 Å². The maximum atomic E-state index is 11.8. The van der Waals surface area contributed by atoms with Crippen molar-refractivity contribution in [1.29, 1.82) is 0 Å². The first-order valence-corrected chi connectivity index (χ1v) is 9.57. The van der Waals surface area contributed by atoms with Gasteiger partial charge in [-0.15, -0.1) is 0 Å². The second-order valence-corrected chi connectivity index (χ2v) is 7.58. The lowest BCUT2D eigenvalue weighted by atomic mass is 9.98. The van der Waals surface area contributed by atoms with Crippen LogP contribution in [0.15, 0.2) is 0 Å². The van der Waals surface area contributed by atoms with E-state index in [1.165, 1.54) is 0 Å². The van der Waals surface area contributed by atoms with Crippen molar-refractivity contribution < 1.29 is 33.6 Å². The van der Waals surface area contributed by atoms with Crippen molar-refractivity contribution in [3.05, 3.63) is 0 Å². The number of halogens is 1. The number of aliphatic hydroxyl groups excluding tert-OH is 4. The molecule has 0 radical (unpaired) electrons. The van der Waals surface area contributed by atoms with Crippen molar-refractivity contribution in [3.8, 4) is 0 Å². The molecule has 0 bridgehead atoms. The van der Waals surface area contributed by atoms with Crippen LogP contribution in [0.1, 0.15) is 0 Å². The van der Waals surface area contributed by atoms with E-state index < -0.39 is 47.3 Å². The molecule has 5 atom stereocenters. The highest BCUT2D eigenvalue weighted by Crippen LogP contribution is 2.20. The van der Waals surface area contributed by atoms with Crippen LogP contribution in [-0.4, -0.2) is 89.4 Å². The Morgan fingerprint density at radius 1 is 1.14 bits per heavy atom. The number of hydrogen-bond acceptors (Lipinski definition) is 8. The van der Waals surface area contributed by atoms with E-state index in [-0.39, 0.29) is 12.3 Å². The molecular formula is C10H21IN2O7S. The third-order valence-corrected chi connectivity index (χ3v) is 4.95. The molecule has 11 heteroatoms. The first-order valence-electron chi connectivity index (χ1n) is 6.39. The summed E-state index contributed by atoms with van der Waals surface area (Å²) in [4.78, 5) is 0. The maximum absolute atomic E-state index is 11.8. The number of alkyl halides is 1. The van der Waals surface area contributed by atoms with Crippen molar-refractivity contribution >= 4 is 32.6 Å². The van der Waals surface area contributed by atoms with E-state index in [0.29, 0.717) is 6.54 Å². The van der Waals surface area contributed by atoms with Crippen LogP contribution in [0, 0.1) is 0 Å². The molecule has 0 saturated carbocycles. The fraction of sp³-hybridized carbons (Fsp3) is 1.00. The van der Waals surface area contributed by atoms with E-state index in [1.807, 2.05) is 0 Å². The summed E-state index contributed by atoms with van der Waals surface area (Å²) in [6.07, 6.45) is -5.90. The van der Waals surface area contributed by atoms with E-state index in [0.717, 1.165) is 4.43 Å². The summed E-state index contributed by atoms with van der Waals surface area (Å²) in [7, 11) is -3.76. The third-order valence-electron chi connectivity index (χ3n) is 3.03. The molecular weight excluding hydrogens is 419 g/mol. The number of rotatable bonds is 8. The van der Waals surface area contributed by atoms with Gasteiger partial charge in [0.25, 0.3) is 0 Å². The number of hydrogen-bond donors (Lipinski definition) is 6. The third kappa shape index (κ3) is 5.84. The van der Waals surface area contributed by atoms with Crippen LogP contribution in [0.25, 0.3) is 0 Å². The largest absolute Gasteiger partial charge is 0.394 e. The van der Waals surface area contributed by atoms with Gasteiger partial charge in [0.05, 0.1) is 12.4 Å². The molecule has 0 aromatic rings. The molecule has 1 fully saturated rings. The zero-order valence-electron chi connectivity index (χ0n) is 11.2. The molecule has 0 aromatic heterocycles. The van der Waals surface area contributed by atoms with Crippen LogP contribution in [0.2, 0.25) is 0 Å². The van der Waals surface area contributed by atoms with Crippen LogP contribution in [0.4, 0.5) is 0 Å². The summed E-state index contributed by atoms with van der Waals surface area (Å²) in [5.74, 6) is -0.237. The van der Waals surface area contributed by atoms with E-state index in [9.17, 15) is 23.7 Å². The lowest BCUT2D eigenvalue weighted by Gasteiger charge is -2.40. The van der Waals surface area contributed by atoms with Crippen LogP contribution in [0.3, 0.4) is 0 Å². The van der Waals surface area contributed by atoms with Gasteiger partial charge in [-0.2, -0.15) is 0 Å². The monoisotopic (exact) mass is 440 g/mol. The Labute approximate surface area is 136 Å². The Balaban J connectivity index is 2.59. The van der Waals surface area contributed by atoms with E-state index in [2.05, 4.69) is 32.6 Å². The smallest absolute Gasteiger partial charge is 0.213 e. The van der Waals surface area contributed by atoms with Crippen molar-refractivity contribution in [1.82, 2.24) is 10.0 Å². The first kappa shape index (κ1) is 19.4. The second kappa shape index (κ2) is 8.88. The van der Waals surface area contributed by atoms with Gasteiger partial charge in [0.2, 0.25) is 10.0 Å². The van der Waals surface area contributed by atoms with Gasteiger partial charge >= 0.3 is 0 Å². The lowest BCUT2D eigenvalue weighted by Crippen LogP contribution is -2.64.